The molecule has 1 heterocycles. The number of hydrogen-bond donors (Lipinski definition) is 1. The van der Waals surface area contributed by atoms with Crippen LogP contribution in [0.4, 0.5) is 13.2 Å². The molecule has 3 aromatic rings. The Balaban J connectivity index is 1.47. The van der Waals surface area contributed by atoms with E-state index in [1.54, 1.807) is 24.3 Å². The molecule has 1 N–H and O–H groups in total. The first-order valence-corrected chi connectivity index (χ1v) is 13.9. The minimum Gasteiger partial charge on any atom is -0.406 e. The zero-order chi connectivity index (χ0) is 26.0. The summed E-state index contributed by atoms with van der Waals surface area (Å²) >= 11 is 0. The molecule has 1 unspecified atom stereocenters. The molecule has 4 rings (SSSR count). The first-order valence-electron chi connectivity index (χ1n) is 11.0. The van der Waals surface area contributed by atoms with E-state index in [0.717, 1.165) is 23.3 Å². The highest BCUT2D eigenvalue weighted by molar-refractivity contribution is 7.91. The number of rotatable bonds is 7. The van der Waals surface area contributed by atoms with Crippen molar-refractivity contribution in [3.63, 3.8) is 0 Å². The largest absolute Gasteiger partial charge is 0.573 e. The molecule has 0 bridgehead atoms. The Bertz CT molecular complexity index is 1470. The molecule has 3 aromatic carbocycles. The van der Waals surface area contributed by atoms with Crippen LogP contribution >= 0.6 is 0 Å². The van der Waals surface area contributed by atoms with Crippen LogP contribution in [0.2, 0.25) is 0 Å². The van der Waals surface area contributed by atoms with E-state index in [2.05, 4.69) is 13.8 Å². The summed E-state index contributed by atoms with van der Waals surface area (Å²) in [5.41, 5.74) is 2.40. The van der Waals surface area contributed by atoms with E-state index in [9.17, 15) is 25.8 Å². The van der Waals surface area contributed by atoms with Crippen molar-refractivity contribution in [3.8, 4) is 16.9 Å². The number of nitrogens with zero attached hydrogens (tertiary/aromatic N) is 2. The van der Waals surface area contributed by atoms with Crippen molar-refractivity contribution in [1.82, 2.24) is 9.03 Å². The summed E-state index contributed by atoms with van der Waals surface area (Å²) in [4.78, 5) is 0.418. The Morgan fingerprint density at radius 3 is 2.31 bits per heavy atom. The second-order valence-corrected chi connectivity index (χ2v) is 12.1. The fraction of sp³-hybridized carbons (Fsp3) is 0.250. The van der Waals surface area contributed by atoms with Crippen LogP contribution < -0.4 is 9.46 Å². The maximum Gasteiger partial charge on any atom is 0.573 e. The summed E-state index contributed by atoms with van der Waals surface area (Å²) in [5, 5.41) is 0. The molecular weight excluding hydrogens is 515 g/mol. The lowest BCUT2D eigenvalue weighted by Gasteiger charge is -2.21. The molecule has 0 saturated heterocycles. The molecule has 0 aromatic heterocycles. The molecule has 0 saturated carbocycles. The summed E-state index contributed by atoms with van der Waals surface area (Å²) in [6, 6.07) is 19.0. The van der Waals surface area contributed by atoms with Crippen molar-refractivity contribution >= 4 is 19.9 Å². The summed E-state index contributed by atoms with van der Waals surface area (Å²) in [5.74, 6) is -0.434. The van der Waals surface area contributed by atoms with Crippen LogP contribution in [-0.2, 0) is 26.5 Å². The summed E-state index contributed by atoms with van der Waals surface area (Å²) in [7, 11) is -5.57. The molecule has 0 radical (unpaired) electrons. The van der Waals surface area contributed by atoms with Crippen LogP contribution in [0.25, 0.3) is 11.1 Å². The van der Waals surface area contributed by atoms with Crippen molar-refractivity contribution in [2.75, 3.05) is 20.1 Å². The number of fused-ring (bicyclic) bond motifs is 3. The van der Waals surface area contributed by atoms with Gasteiger partial charge in [-0.3, -0.25) is 0 Å². The van der Waals surface area contributed by atoms with Gasteiger partial charge in [0, 0.05) is 32.2 Å². The highest BCUT2D eigenvalue weighted by Gasteiger charge is 2.32. The topological polar surface area (TPSA) is 88.1 Å². The predicted molar refractivity (Wildman–Crippen MR) is 130 cm³/mol. The number of halogens is 3. The fourth-order valence-electron chi connectivity index (χ4n) is 3.99. The highest BCUT2D eigenvalue weighted by Crippen LogP contribution is 2.36. The number of nitrogens with one attached hydrogen (secondary N) is 1. The van der Waals surface area contributed by atoms with E-state index in [-0.39, 0.29) is 29.4 Å². The molecule has 36 heavy (non-hydrogen) atoms. The van der Waals surface area contributed by atoms with Crippen LogP contribution in [0.3, 0.4) is 0 Å². The first-order chi connectivity index (χ1) is 17.0. The van der Waals surface area contributed by atoms with E-state index in [0.29, 0.717) is 12.0 Å². The maximum atomic E-state index is 13.4. The lowest BCUT2D eigenvalue weighted by Crippen LogP contribution is -2.33. The van der Waals surface area contributed by atoms with Gasteiger partial charge in [-0.05, 0) is 47.9 Å². The molecule has 0 aliphatic carbocycles. The van der Waals surface area contributed by atoms with Gasteiger partial charge in [0.15, 0.2) is 0 Å². The third-order valence-corrected chi connectivity index (χ3v) is 9.60. The third kappa shape index (κ3) is 5.56. The smallest absolute Gasteiger partial charge is 0.406 e. The maximum absolute atomic E-state index is 13.4. The van der Waals surface area contributed by atoms with Crippen molar-refractivity contribution in [1.29, 1.82) is 0 Å². The van der Waals surface area contributed by atoms with E-state index < -0.39 is 32.1 Å². The van der Waals surface area contributed by atoms with Gasteiger partial charge in [-0.15, -0.1) is 13.2 Å². The molecule has 0 fully saturated rings. The van der Waals surface area contributed by atoms with Gasteiger partial charge in [0.05, 0.1) is 9.79 Å². The highest BCUT2D eigenvalue weighted by atomic mass is 32.2. The molecule has 1 atom stereocenters. The lowest BCUT2D eigenvalue weighted by atomic mass is 10.00. The van der Waals surface area contributed by atoms with Crippen molar-refractivity contribution in [2.24, 2.45) is 4.36 Å². The van der Waals surface area contributed by atoms with Crippen molar-refractivity contribution in [2.45, 2.75) is 29.1 Å². The molecule has 7 nitrogen and oxygen atoms in total. The number of hydrogen-bond acceptors (Lipinski definition) is 5. The van der Waals surface area contributed by atoms with Gasteiger partial charge in [0.1, 0.15) is 15.7 Å². The SMILES string of the molecule is CN=S(=O)(NCCCN1Cc2ccccc2-c2ccccc2S1(=O)=O)c1ccc(OC(F)(F)F)cc1. The molecule has 0 spiro atoms. The second kappa shape index (κ2) is 10.2. The number of ether oxygens (including phenoxy) is 1. The monoisotopic (exact) mass is 539 g/mol. The lowest BCUT2D eigenvalue weighted by molar-refractivity contribution is -0.274. The standard InChI is InChI=1S/C24H24F3N3O4S2/c1-28-35(31,20-13-11-19(12-14-20)34-24(25,26)27)29-15-6-16-30-17-18-7-2-3-8-21(18)22-9-4-5-10-23(22)36(30,32)33/h2-5,7-14H,6,15-17H2,1H3,(H,28,29,31). The Labute approximate surface area is 208 Å². The Morgan fingerprint density at radius 2 is 1.64 bits per heavy atom. The van der Waals surface area contributed by atoms with Gasteiger partial charge in [-0.2, -0.15) is 4.31 Å². The number of sulfonamides is 1. The molecule has 0 amide bonds. The Hall–Kier alpha value is -2.93. The summed E-state index contributed by atoms with van der Waals surface area (Å²) < 4.78 is 89.2. The Kier molecular flexibility index (Phi) is 7.41. The molecule has 12 heteroatoms. The predicted octanol–water partition coefficient (Wildman–Crippen LogP) is 4.81. The van der Waals surface area contributed by atoms with E-state index in [1.165, 1.54) is 23.5 Å². The molecular formula is C24H24F3N3O4S2. The van der Waals surface area contributed by atoms with Crippen LogP contribution in [0.15, 0.2) is 87.0 Å². The number of alkyl halides is 3. The minimum absolute atomic E-state index is 0.159. The fourth-order valence-corrected chi connectivity index (χ4v) is 7.09. The van der Waals surface area contributed by atoms with Gasteiger partial charge in [-0.25, -0.2) is 21.7 Å². The third-order valence-electron chi connectivity index (χ3n) is 5.68. The minimum atomic E-state index is -4.83. The average molecular weight is 540 g/mol. The van der Waals surface area contributed by atoms with Crippen molar-refractivity contribution < 1.29 is 30.5 Å². The van der Waals surface area contributed by atoms with Gasteiger partial charge in [0.2, 0.25) is 10.0 Å². The summed E-state index contributed by atoms with van der Waals surface area (Å²) in [6.07, 6.45) is -4.50. The average Bonchev–Trinajstić information content (AvgIpc) is 2.94. The van der Waals surface area contributed by atoms with Crippen LogP contribution in [0.1, 0.15) is 12.0 Å². The molecule has 192 valence electrons. The van der Waals surface area contributed by atoms with Gasteiger partial charge < -0.3 is 4.74 Å². The second-order valence-electron chi connectivity index (χ2n) is 7.97. The van der Waals surface area contributed by atoms with Crippen LogP contribution in [0, 0.1) is 0 Å². The Morgan fingerprint density at radius 1 is 1.00 bits per heavy atom. The van der Waals surface area contributed by atoms with Crippen LogP contribution in [0.5, 0.6) is 5.75 Å². The van der Waals surface area contributed by atoms with E-state index in [1.807, 2.05) is 24.3 Å². The van der Waals surface area contributed by atoms with Crippen LogP contribution in [-0.4, -0.2) is 43.4 Å². The van der Waals surface area contributed by atoms with Crippen molar-refractivity contribution in [3.05, 3.63) is 78.4 Å². The van der Waals surface area contributed by atoms with Gasteiger partial charge in [-0.1, -0.05) is 42.5 Å². The number of benzene rings is 3. The van der Waals surface area contributed by atoms with Gasteiger partial charge in [0.25, 0.3) is 0 Å². The summed E-state index contributed by atoms with van der Waals surface area (Å²) in [6.45, 7) is 0.517. The first kappa shape index (κ1) is 26.1. The van der Waals surface area contributed by atoms with Gasteiger partial charge >= 0.3 is 6.36 Å². The zero-order valence-electron chi connectivity index (χ0n) is 19.2. The van der Waals surface area contributed by atoms with E-state index >= 15 is 0 Å². The normalized spacial score (nSPS) is 16.8. The molecule has 1 aliphatic heterocycles. The zero-order valence-corrected chi connectivity index (χ0v) is 20.9. The molecule has 1 aliphatic rings. The quantitative estimate of drug-likeness (QED) is 0.437. The van der Waals surface area contributed by atoms with E-state index in [4.69, 9.17) is 0 Å².